The van der Waals surface area contributed by atoms with Gasteiger partial charge in [-0.3, -0.25) is 4.79 Å². The Bertz CT molecular complexity index is 608. The fourth-order valence-corrected chi connectivity index (χ4v) is 3.54. The van der Waals surface area contributed by atoms with E-state index in [2.05, 4.69) is 24.1 Å². The molecule has 1 heterocycles. The Morgan fingerprint density at radius 1 is 1.30 bits per heavy atom. The SMILES string of the molecule is CCCO[C@@]1(C(=O)Nc2ccc(OCCOCC)nc2C)CCC[C@@H](C)C1. The quantitative estimate of drug-likeness (QED) is 0.620. The molecule has 1 saturated carbocycles. The lowest BCUT2D eigenvalue weighted by Crippen LogP contribution is -2.49. The Morgan fingerprint density at radius 2 is 2.11 bits per heavy atom. The highest BCUT2D eigenvalue weighted by Crippen LogP contribution is 2.36. The first-order chi connectivity index (χ1) is 13.0. The number of hydrogen-bond acceptors (Lipinski definition) is 5. The summed E-state index contributed by atoms with van der Waals surface area (Å²) in [6, 6.07) is 3.62. The molecule has 152 valence electrons. The Hall–Kier alpha value is -1.66. The van der Waals surface area contributed by atoms with Gasteiger partial charge in [0, 0.05) is 19.3 Å². The normalized spacial score (nSPS) is 22.4. The van der Waals surface area contributed by atoms with Gasteiger partial charge < -0.3 is 19.5 Å². The molecule has 27 heavy (non-hydrogen) atoms. The van der Waals surface area contributed by atoms with Crippen molar-refractivity contribution in [1.29, 1.82) is 0 Å². The molecule has 2 rings (SSSR count). The number of rotatable bonds is 10. The summed E-state index contributed by atoms with van der Waals surface area (Å²) >= 11 is 0. The van der Waals surface area contributed by atoms with Gasteiger partial charge in [-0.05, 0) is 51.5 Å². The van der Waals surface area contributed by atoms with Crippen LogP contribution >= 0.6 is 0 Å². The third-order valence-electron chi connectivity index (χ3n) is 4.94. The first kappa shape index (κ1) is 21.6. The summed E-state index contributed by atoms with van der Waals surface area (Å²) in [6.45, 7) is 10.3. The molecule has 0 aromatic carbocycles. The predicted molar refractivity (Wildman–Crippen MR) is 106 cm³/mol. The Morgan fingerprint density at radius 3 is 2.78 bits per heavy atom. The van der Waals surface area contributed by atoms with Crippen LogP contribution in [0.5, 0.6) is 5.88 Å². The summed E-state index contributed by atoms with van der Waals surface area (Å²) < 4.78 is 16.9. The lowest BCUT2D eigenvalue weighted by Gasteiger charge is -2.38. The van der Waals surface area contributed by atoms with Crippen LogP contribution in [0, 0.1) is 12.8 Å². The molecule has 1 aromatic rings. The average Bonchev–Trinajstić information content (AvgIpc) is 2.65. The smallest absolute Gasteiger partial charge is 0.256 e. The zero-order valence-corrected chi connectivity index (χ0v) is 17.2. The average molecular weight is 379 g/mol. The molecule has 0 unspecified atom stereocenters. The van der Waals surface area contributed by atoms with Crippen molar-refractivity contribution in [3.8, 4) is 5.88 Å². The van der Waals surface area contributed by atoms with Gasteiger partial charge in [0.05, 0.1) is 18.0 Å². The van der Waals surface area contributed by atoms with Crippen molar-refractivity contribution in [2.75, 3.05) is 31.7 Å². The number of pyridine rings is 1. The van der Waals surface area contributed by atoms with Crippen LogP contribution in [0.15, 0.2) is 12.1 Å². The highest BCUT2D eigenvalue weighted by molar-refractivity contribution is 5.97. The standard InChI is InChI=1S/C21H34N2O4/c1-5-12-27-21(11-7-8-16(3)15-21)20(24)23-18-9-10-19(22-17(18)4)26-14-13-25-6-2/h9-10,16H,5-8,11-15H2,1-4H3,(H,23,24)/t16-,21+/m1/s1. The highest BCUT2D eigenvalue weighted by atomic mass is 16.5. The molecule has 0 saturated heterocycles. The molecule has 1 aliphatic carbocycles. The molecule has 6 nitrogen and oxygen atoms in total. The first-order valence-electron chi connectivity index (χ1n) is 10.1. The molecule has 0 radical (unpaired) electrons. The van der Waals surface area contributed by atoms with Gasteiger partial charge in [-0.15, -0.1) is 0 Å². The Kier molecular flexibility index (Phi) is 8.51. The van der Waals surface area contributed by atoms with Crippen molar-refractivity contribution in [2.24, 2.45) is 5.92 Å². The van der Waals surface area contributed by atoms with Crippen molar-refractivity contribution in [2.45, 2.75) is 65.4 Å². The fourth-order valence-electron chi connectivity index (χ4n) is 3.54. The van der Waals surface area contributed by atoms with Crippen molar-refractivity contribution < 1.29 is 19.0 Å². The van der Waals surface area contributed by atoms with E-state index in [-0.39, 0.29) is 5.91 Å². The minimum Gasteiger partial charge on any atom is -0.475 e. The van der Waals surface area contributed by atoms with E-state index in [1.165, 1.54) is 0 Å². The minimum atomic E-state index is -0.729. The summed E-state index contributed by atoms with van der Waals surface area (Å²) in [6.07, 6.45) is 4.61. The van der Waals surface area contributed by atoms with Gasteiger partial charge in [-0.25, -0.2) is 4.98 Å². The van der Waals surface area contributed by atoms with Crippen LogP contribution in [-0.2, 0) is 14.3 Å². The van der Waals surface area contributed by atoms with Gasteiger partial charge in [-0.2, -0.15) is 0 Å². The maximum Gasteiger partial charge on any atom is 0.256 e. The van der Waals surface area contributed by atoms with E-state index in [1.54, 1.807) is 6.07 Å². The van der Waals surface area contributed by atoms with Gasteiger partial charge >= 0.3 is 0 Å². The predicted octanol–water partition coefficient (Wildman–Crippen LogP) is 4.12. The Labute approximate surface area is 163 Å². The van der Waals surface area contributed by atoms with Crippen LogP contribution in [0.4, 0.5) is 5.69 Å². The number of aromatic nitrogens is 1. The molecule has 0 bridgehead atoms. The molecular weight excluding hydrogens is 344 g/mol. The lowest BCUT2D eigenvalue weighted by molar-refractivity contribution is -0.148. The molecule has 0 aliphatic heterocycles. The van der Waals surface area contributed by atoms with E-state index in [9.17, 15) is 4.79 Å². The molecule has 1 aromatic heterocycles. The summed E-state index contributed by atoms with van der Waals surface area (Å²) in [4.78, 5) is 17.5. The van der Waals surface area contributed by atoms with Crippen LogP contribution in [0.1, 0.15) is 58.6 Å². The molecule has 6 heteroatoms. The summed E-state index contributed by atoms with van der Waals surface area (Å²) in [5.74, 6) is 0.965. The maximum atomic E-state index is 13.1. The van der Waals surface area contributed by atoms with E-state index in [1.807, 2.05) is 19.9 Å². The summed E-state index contributed by atoms with van der Waals surface area (Å²) in [5.41, 5.74) is 0.703. The summed E-state index contributed by atoms with van der Waals surface area (Å²) in [7, 11) is 0. The maximum absolute atomic E-state index is 13.1. The minimum absolute atomic E-state index is 0.0579. The fraction of sp³-hybridized carbons (Fsp3) is 0.714. The molecule has 0 spiro atoms. The van der Waals surface area contributed by atoms with E-state index >= 15 is 0 Å². The molecule has 1 aliphatic rings. The largest absolute Gasteiger partial charge is 0.475 e. The number of nitrogens with zero attached hydrogens (tertiary/aromatic N) is 1. The number of ether oxygens (including phenoxy) is 3. The van der Waals surface area contributed by atoms with E-state index < -0.39 is 5.60 Å². The van der Waals surface area contributed by atoms with Crippen molar-refractivity contribution in [1.82, 2.24) is 4.98 Å². The zero-order chi connectivity index (χ0) is 19.7. The molecular formula is C21H34N2O4. The Balaban J connectivity index is 2.03. The van der Waals surface area contributed by atoms with Crippen LogP contribution < -0.4 is 10.1 Å². The lowest BCUT2D eigenvalue weighted by atomic mass is 9.78. The number of carbonyl (C=O) groups is 1. The number of carbonyl (C=O) groups excluding carboxylic acids is 1. The second kappa shape index (κ2) is 10.6. The van der Waals surface area contributed by atoms with Crippen LogP contribution in [-0.4, -0.2) is 42.9 Å². The van der Waals surface area contributed by atoms with Crippen LogP contribution in [0.25, 0.3) is 0 Å². The number of nitrogens with one attached hydrogen (secondary N) is 1. The van der Waals surface area contributed by atoms with Gasteiger partial charge in [0.2, 0.25) is 5.88 Å². The van der Waals surface area contributed by atoms with E-state index in [0.717, 1.165) is 37.8 Å². The molecule has 1 N–H and O–H groups in total. The number of aryl methyl sites for hydroxylation is 1. The summed E-state index contributed by atoms with van der Waals surface area (Å²) in [5, 5.41) is 3.05. The van der Waals surface area contributed by atoms with Crippen molar-refractivity contribution in [3.63, 3.8) is 0 Å². The van der Waals surface area contributed by atoms with Crippen LogP contribution in [0.3, 0.4) is 0 Å². The van der Waals surface area contributed by atoms with Gasteiger partial charge in [-0.1, -0.05) is 20.3 Å². The first-order valence-corrected chi connectivity index (χ1v) is 10.1. The second-order valence-corrected chi connectivity index (χ2v) is 7.33. The van der Waals surface area contributed by atoms with E-state index in [4.69, 9.17) is 14.2 Å². The number of amides is 1. The third kappa shape index (κ3) is 6.18. The van der Waals surface area contributed by atoms with Gasteiger partial charge in [0.25, 0.3) is 5.91 Å². The monoisotopic (exact) mass is 378 g/mol. The number of hydrogen-bond donors (Lipinski definition) is 1. The highest BCUT2D eigenvalue weighted by Gasteiger charge is 2.42. The van der Waals surface area contributed by atoms with E-state index in [0.29, 0.717) is 43.9 Å². The molecule has 2 atom stereocenters. The topological polar surface area (TPSA) is 69.7 Å². The molecule has 1 amide bonds. The number of anilines is 1. The molecule has 1 fully saturated rings. The second-order valence-electron chi connectivity index (χ2n) is 7.33. The zero-order valence-electron chi connectivity index (χ0n) is 17.2. The van der Waals surface area contributed by atoms with Gasteiger partial charge in [0.1, 0.15) is 12.2 Å². The van der Waals surface area contributed by atoms with Crippen molar-refractivity contribution in [3.05, 3.63) is 17.8 Å². The van der Waals surface area contributed by atoms with Crippen molar-refractivity contribution >= 4 is 11.6 Å². The van der Waals surface area contributed by atoms with Crippen LogP contribution in [0.2, 0.25) is 0 Å². The van der Waals surface area contributed by atoms with Gasteiger partial charge in [0.15, 0.2) is 0 Å². The third-order valence-corrected chi connectivity index (χ3v) is 4.94.